The molecule has 0 saturated carbocycles. The lowest BCUT2D eigenvalue weighted by Gasteiger charge is -2.42. The van der Waals surface area contributed by atoms with Gasteiger partial charge in [0, 0.05) is 26.9 Å². The van der Waals surface area contributed by atoms with Gasteiger partial charge in [-0.05, 0) is 132 Å². The SMILES string of the molecule is Cc1cc2c3c(c1)N(c1ccc(C(C)(C)C)cc1C)c1cc4c(cc1B3c1ccc(-c3ccc(C#N)cc3)cc1S2)-c1ccccc1[Si]4(c1ccccc1)c1ccccc1. The number of anilines is 3. The standard InChI is InChI=1S/C55H43BN2SSi/c1-35-28-49-54-51(29-35)59-50-31-39(38-22-20-37(34-57)21-23-38)24-26-45(50)56(54)46-32-44-43-18-12-13-19-52(43)60(41-14-8-6-9-15-41,42-16-10-7-11-17-42)53(44)33-48(46)58(49)47-27-25-40(30-36(47)2)55(3,4)5/h6-33H,1-5H3. The summed E-state index contributed by atoms with van der Waals surface area (Å²) in [6, 6.07) is 66.5. The number of benzene rings is 8. The molecule has 8 aromatic carbocycles. The number of nitrogens with zero attached hydrogens (tertiary/aromatic N) is 2. The van der Waals surface area contributed by atoms with Crippen molar-refractivity contribution in [2.45, 2.75) is 49.8 Å². The lowest BCUT2D eigenvalue weighted by atomic mass is 9.34. The van der Waals surface area contributed by atoms with Gasteiger partial charge in [-0.15, -0.1) is 0 Å². The van der Waals surface area contributed by atoms with Crippen LogP contribution in [0.25, 0.3) is 22.3 Å². The third-order valence-electron chi connectivity index (χ3n) is 13.1. The Balaban J connectivity index is 1.23. The predicted molar refractivity (Wildman–Crippen MR) is 257 cm³/mol. The molecule has 60 heavy (non-hydrogen) atoms. The number of fused-ring (bicyclic) bond motifs is 7. The number of hydrogen-bond donors (Lipinski definition) is 0. The van der Waals surface area contributed by atoms with E-state index in [1.807, 2.05) is 23.9 Å². The zero-order valence-electron chi connectivity index (χ0n) is 34.5. The number of aryl methyl sites for hydroxylation is 2. The van der Waals surface area contributed by atoms with Crippen LogP contribution in [0.4, 0.5) is 17.1 Å². The van der Waals surface area contributed by atoms with Gasteiger partial charge in [0.05, 0.1) is 11.6 Å². The zero-order chi connectivity index (χ0) is 40.9. The second-order valence-corrected chi connectivity index (χ2v) is 22.6. The van der Waals surface area contributed by atoms with Crippen molar-refractivity contribution in [2.24, 2.45) is 0 Å². The summed E-state index contributed by atoms with van der Waals surface area (Å²) in [6.07, 6.45) is 0. The van der Waals surface area contributed by atoms with Gasteiger partial charge >= 0.3 is 0 Å². The Hall–Kier alpha value is -6.32. The molecule has 3 heterocycles. The van der Waals surface area contributed by atoms with Crippen LogP contribution in [-0.4, -0.2) is 14.8 Å². The first-order valence-corrected chi connectivity index (χ1v) is 23.7. The van der Waals surface area contributed by atoms with Crippen LogP contribution in [0.1, 0.15) is 43.0 Å². The molecule has 3 aliphatic heterocycles. The maximum Gasteiger partial charge on any atom is 0.249 e. The first-order valence-electron chi connectivity index (χ1n) is 20.9. The van der Waals surface area contributed by atoms with Crippen LogP contribution in [-0.2, 0) is 5.41 Å². The third-order valence-corrected chi connectivity index (χ3v) is 19.1. The molecule has 0 aliphatic carbocycles. The molecule has 0 fully saturated rings. The fourth-order valence-electron chi connectivity index (χ4n) is 10.4. The second kappa shape index (κ2) is 13.6. The van der Waals surface area contributed by atoms with Crippen LogP contribution < -0.4 is 42.0 Å². The van der Waals surface area contributed by atoms with Crippen molar-refractivity contribution in [2.75, 3.05) is 4.90 Å². The average Bonchev–Trinajstić information content (AvgIpc) is 3.56. The van der Waals surface area contributed by atoms with Gasteiger partial charge in [0.25, 0.3) is 0 Å². The van der Waals surface area contributed by atoms with E-state index in [9.17, 15) is 5.26 Å². The van der Waals surface area contributed by atoms with Crippen molar-refractivity contribution in [3.05, 3.63) is 192 Å². The van der Waals surface area contributed by atoms with E-state index in [-0.39, 0.29) is 12.1 Å². The minimum absolute atomic E-state index is 0.0385. The highest BCUT2D eigenvalue weighted by molar-refractivity contribution is 8.00. The van der Waals surface area contributed by atoms with Crippen LogP contribution in [0, 0.1) is 25.2 Å². The fourth-order valence-corrected chi connectivity index (χ4v) is 16.8. The smallest absolute Gasteiger partial charge is 0.249 e. The molecule has 2 nitrogen and oxygen atoms in total. The average molecular weight is 803 g/mol. The van der Waals surface area contributed by atoms with Crippen molar-refractivity contribution >= 4 is 80.7 Å². The van der Waals surface area contributed by atoms with Crippen molar-refractivity contribution < 1.29 is 0 Å². The molecule has 0 amide bonds. The van der Waals surface area contributed by atoms with Gasteiger partial charge in [0.15, 0.2) is 8.07 Å². The van der Waals surface area contributed by atoms with E-state index >= 15 is 0 Å². The normalized spacial score (nSPS) is 14.1. The van der Waals surface area contributed by atoms with E-state index in [4.69, 9.17) is 0 Å². The van der Waals surface area contributed by atoms with Gasteiger partial charge in [-0.1, -0.05) is 165 Å². The Kier molecular flexibility index (Phi) is 8.33. The van der Waals surface area contributed by atoms with Gasteiger partial charge in [-0.2, -0.15) is 5.26 Å². The van der Waals surface area contributed by atoms with Crippen molar-refractivity contribution in [3.8, 4) is 28.3 Å². The molecule has 0 unspecified atom stereocenters. The quantitative estimate of drug-likeness (QED) is 0.166. The molecular formula is C55H43BN2SSi. The van der Waals surface area contributed by atoms with Gasteiger partial charge in [0.2, 0.25) is 6.71 Å². The van der Waals surface area contributed by atoms with Crippen molar-refractivity contribution in [1.29, 1.82) is 5.26 Å². The van der Waals surface area contributed by atoms with E-state index in [2.05, 4.69) is 203 Å². The highest BCUT2D eigenvalue weighted by atomic mass is 32.2. The van der Waals surface area contributed by atoms with Gasteiger partial charge in [0.1, 0.15) is 0 Å². The molecule has 286 valence electrons. The Morgan fingerprint density at radius 3 is 1.93 bits per heavy atom. The summed E-state index contributed by atoms with van der Waals surface area (Å²) in [6.45, 7) is 11.5. The van der Waals surface area contributed by atoms with Crippen LogP contribution in [0.5, 0.6) is 0 Å². The topological polar surface area (TPSA) is 27.0 Å². The van der Waals surface area contributed by atoms with Crippen molar-refractivity contribution in [3.63, 3.8) is 0 Å². The first kappa shape index (κ1) is 36.7. The van der Waals surface area contributed by atoms with E-state index in [0.717, 1.165) is 5.56 Å². The molecule has 0 aromatic heterocycles. The summed E-state index contributed by atoms with van der Waals surface area (Å²) in [5.74, 6) is 0. The summed E-state index contributed by atoms with van der Waals surface area (Å²) < 4.78 is 0. The zero-order valence-corrected chi connectivity index (χ0v) is 36.4. The monoisotopic (exact) mass is 802 g/mol. The number of hydrogen-bond acceptors (Lipinski definition) is 3. The summed E-state index contributed by atoms with van der Waals surface area (Å²) in [5.41, 5.74) is 17.4. The molecule has 8 aromatic rings. The Bertz CT molecular complexity index is 3050. The van der Waals surface area contributed by atoms with Gasteiger partial charge in [-0.25, -0.2) is 0 Å². The van der Waals surface area contributed by atoms with Crippen LogP contribution >= 0.6 is 11.8 Å². The van der Waals surface area contributed by atoms with E-state index < -0.39 is 8.07 Å². The van der Waals surface area contributed by atoms with Crippen molar-refractivity contribution in [1.82, 2.24) is 0 Å². The van der Waals surface area contributed by atoms with Crippen LogP contribution in [0.3, 0.4) is 0 Å². The molecule has 3 aliphatic rings. The molecule has 0 bridgehead atoms. The largest absolute Gasteiger partial charge is 0.311 e. The molecule has 0 spiro atoms. The van der Waals surface area contributed by atoms with E-state index in [1.54, 1.807) is 0 Å². The molecule has 5 heteroatoms. The summed E-state index contributed by atoms with van der Waals surface area (Å²) >= 11 is 1.90. The maximum atomic E-state index is 9.49. The minimum atomic E-state index is -2.77. The lowest BCUT2D eigenvalue weighted by Crippen LogP contribution is -2.73. The minimum Gasteiger partial charge on any atom is -0.311 e. The Morgan fingerprint density at radius 2 is 1.25 bits per heavy atom. The molecule has 0 N–H and O–H groups in total. The molecule has 0 saturated heterocycles. The Labute approximate surface area is 359 Å². The van der Waals surface area contributed by atoms with Crippen LogP contribution in [0.15, 0.2) is 180 Å². The fraction of sp³-hybridized carbons (Fsp3) is 0.109. The third kappa shape index (κ3) is 5.41. The van der Waals surface area contributed by atoms with E-state index in [0.29, 0.717) is 5.56 Å². The van der Waals surface area contributed by atoms with E-state index in [1.165, 1.54) is 97.4 Å². The summed E-state index contributed by atoms with van der Waals surface area (Å²) in [5, 5.41) is 15.2. The Morgan fingerprint density at radius 1 is 0.567 bits per heavy atom. The summed E-state index contributed by atoms with van der Waals surface area (Å²) in [7, 11) is -2.77. The molecular weight excluding hydrogens is 760 g/mol. The maximum absolute atomic E-state index is 9.49. The molecule has 11 rings (SSSR count). The second-order valence-electron chi connectivity index (χ2n) is 17.7. The summed E-state index contributed by atoms with van der Waals surface area (Å²) in [4.78, 5) is 5.22. The number of nitriles is 1. The highest BCUT2D eigenvalue weighted by Crippen LogP contribution is 2.45. The number of rotatable bonds is 4. The molecule has 0 radical (unpaired) electrons. The van der Waals surface area contributed by atoms with Gasteiger partial charge in [-0.3, -0.25) is 0 Å². The predicted octanol–water partition coefficient (Wildman–Crippen LogP) is 9.26. The molecule has 0 atom stereocenters. The van der Waals surface area contributed by atoms with Gasteiger partial charge < -0.3 is 4.90 Å². The lowest BCUT2D eigenvalue weighted by molar-refractivity contribution is 0.590. The van der Waals surface area contributed by atoms with Crippen LogP contribution in [0.2, 0.25) is 0 Å². The highest BCUT2D eigenvalue weighted by Gasteiger charge is 2.51. The first-order chi connectivity index (χ1) is 29.1.